The van der Waals surface area contributed by atoms with Crippen molar-refractivity contribution in [1.82, 2.24) is 0 Å². The monoisotopic (exact) mass is 170 g/mol. The van der Waals surface area contributed by atoms with E-state index in [9.17, 15) is 4.79 Å². The highest BCUT2D eigenvalue weighted by Crippen LogP contribution is 2.26. The highest BCUT2D eigenvalue weighted by molar-refractivity contribution is 5.83. The van der Waals surface area contributed by atoms with Gasteiger partial charge in [0, 0.05) is 5.57 Å². The van der Waals surface area contributed by atoms with Crippen molar-refractivity contribution in [3.05, 3.63) is 59.3 Å². The van der Waals surface area contributed by atoms with Gasteiger partial charge in [0.25, 0.3) is 0 Å². The van der Waals surface area contributed by atoms with Gasteiger partial charge in [-0.15, -0.1) is 0 Å². The molecule has 2 rings (SSSR count). The summed E-state index contributed by atoms with van der Waals surface area (Å²) in [6.45, 7) is 0. The van der Waals surface area contributed by atoms with E-state index in [0.717, 1.165) is 23.9 Å². The number of rotatable bonds is 1. The molecule has 0 aromatic rings. The molecule has 1 nitrogen and oxygen atoms in total. The second-order valence-corrected chi connectivity index (χ2v) is 3.03. The van der Waals surface area contributed by atoms with Crippen molar-refractivity contribution in [3.8, 4) is 0 Å². The van der Waals surface area contributed by atoms with Crippen LogP contribution in [-0.4, -0.2) is 6.29 Å². The topological polar surface area (TPSA) is 17.1 Å². The lowest BCUT2D eigenvalue weighted by molar-refractivity contribution is -0.104. The first-order valence-electron chi connectivity index (χ1n) is 4.32. The number of aldehydes is 1. The average Bonchev–Trinajstić information content (AvgIpc) is 2.41. The van der Waals surface area contributed by atoms with Gasteiger partial charge in [0.1, 0.15) is 0 Å². The summed E-state index contributed by atoms with van der Waals surface area (Å²) in [5.74, 6) is 0. The first-order valence-corrected chi connectivity index (χ1v) is 4.32. The van der Waals surface area contributed by atoms with Crippen LogP contribution in [0.1, 0.15) is 6.42 Å². The Labute approximate surface area is 77.5 Å². The Morgan fingerprint density at radius 1 is 1.15 bits per heavy atom. The summed E-state index contributed by atoms with van der Waals surface area (Å²) in [5.41, 5.74) is 3.05. The summed E-state index contributed by atoms with van der Waals surface area (Å²) in [7, 11) is 0. The van der Waals surface area contributed by atoms with Crippen molar-refractivity contribution >= 4 is 6.29 Å². The van der Waals surface area contributed by atoms with Crippen LogP contribution in [0.25, 0.3) is 0 Å². The Bertz CT molecular complexity index is 376. The Morgan fingerprint density at radius 3 is 2.92 bits per heavy atom. The fourth-order valence-electron chi connectivity index (χ4n) is 1.55. The van der Waals surface area contributed by atoms with Crippen LogP contribution >= 0.6 is 0 Å². The lowest BCUT2D eigenvalue weighted by Gasteiger charge is -2.11. The molecule has 2 aliphatic rings. The molecule has 0 amide bonds. The molecule has 0 bridgehead atoms. The van der Waals surface area contributed by atoms with Crippen LogP contribution in [0, 0.1) is 0 Å². The molecule has 2 aliphatic carbocycles. The molecular weight excluding hydrogens is 160 g/mol. The van der Waals surface area contributed by atoms with Crippen LogP contribution < -0.4 is 0 Å². The summed E-state index contributed by atoms with van der Waals surface area (Å²) in [6.07, 6.45) is 15.7. The number of carbonyl (C=O) groups excluding carboxylic acids is 1. The summed E-state index contributed by atoms with van der Waals surface area (Å²) >= 11 is 0. The van der Waals surface area contributed by atoms with E-state index in [2.05, 4.69) is 6.08 Å². The normalized spacial score (nSPS) is 19.5. The van der Waals surface area contributed by atoms with E-state index in [4.69, 9.17) is 0 Å². The molecule has 0 unspecified atom stereocenters. The van der Waals surface area contributed by atoms with Gasteiger partial charge >= 0.3 is 0 Å². The molecule has 0 atom stereocenters. The number of carbonyl (C=O) groups is 1. The van der Waals surface area contributed by atoms with Gasteiger partial charge in [-0.3, -0.25) is 4.79 Å². The molecule has 0 heterocycles. The molecule has 0 saturated heterocycles. The maximum absolute atomic E-state index is 10.7. The minimum absolute atomic E-state index is 0.775. The quantitative estimate of drug-likeness (QED) is 0.552. The standard InChI is InChI=1S/C12H10O/c13-9-11-7-4-6-10-5-2-1-3-8-12(10)11/h1-5,7-9H,6H2. The zero-order chi connectivity index (χ0) is 9.10. The van der Waals surface area contributed by atoms with Crippen molar-refractivity contribution in [2.24, 2.45) is 0 Å². The molecule has 13 heavy (non-hydrogen) atoms. The van der Waals surface area contributed by atoms with Crippen LogP contribution in [0.5, 0.6) is 0 Å². The van der Waals surface area contributed by atoms with Crippen molar-refractivity contribution in [1.29, 1.82) is 0 Å². The molecule has 0 aromatic carbocycles. The molecule has 0 aliphatic heterocycles. The molecule has 1 heteroatoms. The lowest BCUT2D eigenvalue weighted by Crippen LogP contribution is -1.97. The Kier molecular flexibility index (Phi) is 2.09. The fourth-order valence-corrected chi connectivity index (χ4v) is 1.55. The number of hydrogen-bond acceptors (Lipinski definition) is 1. The summed E-state index contributed by atoms with van der Waals surface area (Å²) in [5, 5.41) is 0. The van der Waals surface area contributed by atoms with Crippen LogP contribution in [-0.2, 0) is 4.79 Å². The maximum atomic E-state index is 10.7. The number of fused-ring (bicyclic) bond motifs is 1. The third kappa shape index (κ3) is 1.45. The molecule has 0 saturated carbocycles. The molecule has 64 valence electrons. The zero-order valence-electron chi connectivity index (χ0n) is 7.23. The molecular formula is C12H10O. The average molecular weight is 170 g/mol. The largest absolute Gasteiger partial charge is 0.298 e. The third-order valence-corrected chi connectivity index (χ3v) is 2.20. The van der Waals surface area contributed by atoms with Gasteiger partial charge in [0.05, 0.1) is 0 Å². The summed E-state index contributed by atoms with van der Waals surface area (Å²) in [4.78, 5) is 10.7. The van der Waals surface area contributed by atoms with E-state index in [1.54, 1.807) is 0 Å². The Balaban J connectivity index is 2.55. The lowest BCUT2D eigenvalue weighted by atomic mass is 9.93. The highest BCUT2D eigenvalue weighted by Gasteiger charge is 2.10. The fraction of sp³-hybridized carbons (Fsp3) is 0.0833. The predicted octanol–water partition coefficient (Wildman–Crippen LogP) is 2.49. The predicted molar refractivity (Wildman–Crippen MR) is 53.2 cm³/mol. The van der Waals surface area contributed by atoms with Gasteiger partial charge in [-0.1, -0.05) is 42.5 Å². The molecule has 0 N–H and O–H groups in total. The van der Waals surface area contributed by atoms with Crippen molar-refractivity contribution in [2.75, 3.05) is 0 Å². The SMILES string of the molecule is O=CC1=C2C=CC=CC=C2CC=C1. The van der Waals surface area contributed by atoms with Crippen LogP contribution in [0.4, 0.5) is 0 Å². The van der Waals surface area contributed by atoms with E-state index in [1.807, 2.05) is 36.5 Å². The van der Waals surface area contributed by atoms with Crippen molar-refractivity contribution in [2.45, 2.75) is 6.42 Å². The number of hydrogen-bond donors (Lipinski definition) is 0. The van der Waals surface area contributed by atoms with Gasteiger partial charge in [-0.05, 0) is 17.6 Å². The van der Waals surface area contributed by atoms with E-state index in [0.29, 0.717) is 0 Å². The van der Waals surface area contributed by atoms with Gasteiger partial charge in [-0.2, -0.15) is 0 Å². The molecule has 0 radical (unpaired) electrons. The molecule has 0 spiro atoms. The second kappa shape index (κ2) is 3.40. The zero-order valence-corrected chi connectivity index (χ0v) is 7.23. The summed E-state index contributed by atoms with van der Waals surface area (Å²) < 4.78 is 0. The van der Waals surface area contributed by atoms with Gasteiger partial charge in [0.15, 0.2) is 6.29 Å². The highest BCUT2D eigenvalue weighted by atomic mass is 16.1. The number of allylic oxidation sites excluding steroid dienone is 10. The minimum Gasteiger partial charge on any atom is -0.298 e. The van der Waals surface area contributed by atoms with Gasteiger partial charge in [-0.25, -0.2) is 0 Å². The van der Waals surface area contributed by atoms with Gasteiger partial charge in [0.2, 0.25) is 0 Å². The molecule has 0 fully saturated rings. The van der Waals surface area contributed by atoms with Gasteiger partial charge < -0.3 is 0 Å². The third-order valence-electron chi connectivity index (χ3n) is 2.20. The maximum Gasteiger partial charge on any atom is 0.150 e. The van der Waals surface area contributed by atoms with Crippen LogP contribution in [0.15, 0.2) is 59.3 Å². The Hall–Kier alpha value is -1.63. The van der Waals surface area contributed by atoms with E-state index in [-0.39, 0.29) is 0 Å². The van der Waals surface area contributed by atoms with Crippen molar-refractivity contribution in [3.63, 3.8) is 0 Å². The smallest absolute Gasteiger partial charge is 0.150 e. The Morgan fingerprint density at radius 2 is 2.08 bits per heavy atom. The summed E-state index contributed by atoms with van der Waals surface area (Å²) in [6, 6.07) is 0. The van der Waals surface area contributed by atoms with Crippen molar-refractivity contribution < 1.29 is 4.79 Å². The minimum atomic E-state index is 0.775. The van der Waals surface area contributed by atoms with E-state index < -0.39 is 0 Å². The van der Waals surface area contributed by atoms with E-state index >= 15 is 0 Å². The first kappa shape index (κ1) is 7.99. The first-order chi connectivity index (χ1) is 6.42. The van der Waals surface area contributed by atoms with E-state index in [1.165, 1.54) is 5.57 Å². The van der Waals surface area contributed by atoms with Crippen LogP contribution in [0.3, 0.4) is 0 Å². The van der Waals surface area contributed by atoms with Crippen LogP contribution in [0.2, 0.25) is 0 Å². The molecule has 0 aromatic heterocycles. The second-order valence-electron chi connectivity index (χ2n) is 3.03.